The van der Waals surface area contributed by atoms with Crippen LogP contribution < -0.4 is 0 Å². The van der Waals surface area contributed by atoms with Crippen molar-refractivity contribution in [2.24, 2.45) is 0 Å². The molecule has 1 saturated carbocycles. The Labute approximate surface area is 95.5 Å². The predicted molar refractivity (Wildman–Crippen MR) is 62.0 cm³/mol. The van der Waals surface area contributed by atoms with Crippen LogP contribution in [0.4, 0.5) is 0 Å². The molecule has 14 heavy (non-hydrogen) atoms. The number of alkyl halides is 1. The van der Waals surface area contributed by atoms with Gasteiger partial charge in [-0.2, -0.15) is 0 Å². The van der Waals surface area contributed by atoms with Gasteiger partial charge < -0.3 is 9.47 Å². The van der Waals surface area contributed by atoms with Crippen LogP contribution in [0, 0.1) is 0 Å². The van der Waals surface area contributed by atoms with Crippen LogP contribution in [-0.2, 0) is 9.47 Å². The molecule has 0 N–H and O–H groups in total. The molecule has 0 saturated heterocycles. The first-order valence-electron chi connectivity index (χ1n) is 5.50. The fourth-order valence-electron chi connectivity index (χ4n) is 1.88. The molecular weight excluding hydrogens is 244 g/mol. The third-order valence-electron chi connectivity index (χ3n) is 2.70. The molecule has 0 radical (unpaired) electrons. The number of halogens is 1. The fraction of sp³-hybridized carbons (Fsp3) is 1.00. The number of rotatable bonds is 6. The summed E-state index contributed by atoms with van der Waals surface area (Å²) in [6.45, 7) is 5.54. The molecule has 1 aliphatic carbocycles. The molecule has 0 spiro atoms. The molecule has 1 aliphatic rings. The predicted octanol–water partition coefficient (Wildman–Crippen LogP) is 3.14. The zero-order chi connectivity index (χ0) is 10.4. The molecule has 3 heteroatoms. The van der Waals surface area contributed by atoms with Crippen LogP contribution in [0.3, 0.4) is 0 Å². The Kier molecular flexibility index (Phi) is 5.42. The molecule has 0 unspecified atom stereocenters. The standard InChI is InChI=1S/C11H21BrO2/c1-10(2)13-7-8-14-11(9-12)5-3-4-6-11/h10H,3-9H2,1-2H3. The average molecular weight is 265 g/mol. The van der Waals surface area contributed by atoms with Gasteiger partial charge in [-0.3, -0.25) is 0 Å². The SMILES string of the molecule is CC(C)OCCOC1(CBr)CCCC1. The van der Waals surface area contributed by atoms with Crippen molar-refractivity contribution < 1.29 is 9.47 Å². The number of hydrogen-bond acceptors (Lipinski definition) is 2. The van der Waals surface area contributed by atoms with Gasteiger partial charge >= 0.3 is 0 Å². The quantitative estimate of drug-likeness (QED) is 0.542. The van der Waals surface area contributed by atoms with Crippen molar-refractivity contribution in [2.45, 2.75) is 51.2 Å². The van der Waals surface area contributed by atoms with Crippen molar-refractivity contribution in [1.29, 1.82) is 0 Å². The molecule has 0 aromatic carbocycles. The normalized spacial score (nSPS) is 20.6. The van der Waals surface area contributed by atoms with E-state index in [9.17, 15) is 0 Å². The highest BCUT2D eigenvalue weighted by Crippen LogP contribution is 2.34. The highest BCUT2D eigenvalue weighted by atomic mass is 79.9. The minimum atomic E-state index is 0.111. The van der Waals surface area contributed by atoms with E-state index in [1.165, 1.54) is 25.7 Å². The monoisotopic (exact) mass is 264 g/mol. The van der Waals surface area contributed by atoms with E-state index in [2.05, 4.69) is 29.8 Å². The first-order chi connectivity index (χ1) is 6.68. The first-order valence-corrected chi connectivity index (χ1v) is 6.62. The lowest BCUT2D eigenvalue weighted by molar-refractivity contribution is -0.0576. The molecule has 0 heterocycles. The Morgan fingerprint density at radius 1 is 1.21 bits per heavy atom. The Hall–Kier alpha value is 0.400. The zero-order valence-corrected chi connectivity index (χ0v) is 10.8. The van der Waals surface area contributed by atoms with Crippen LogP contribution in [0.25, 0.3) is 0 Å². The van der Waals surface area contributed by atoms with Crippen LogP contribution in [0.2, 0.25) is 0 Å². The van der Waals surface area contributed by atoms with Gasteiger partial charge in [0.25, 0.3) is 0 Å². The molecule has 0 bridgehead atoms. The summed E-state index contributed by atoms with van der Waals surface area (Å²) in [5.41, 5.74) is 0.111. The molecule has 2 nitrogen and oxygen atoms in total. The van der Waals surface area contributed by atoms with E-state index in [1.807, 2.05) is 0 Å². The van der Waals surface area contributed by atoms with Gasteiger partial charge in [0.2, 0.25) is 0 Å². The number of hydrogen-bond donors (Lipinski definition) is 0. The largest absolute Gasteiger partial charge is 0.376 e. The first kappa shape index (κ1) is 12.5. The Morgan fingerprint density at radius 3 is 2.36 bits per heavy atom. The Balaban J connectivity index is 2.15. The van der Waals surface area contributed by atoms with Crippen molar-refractivity contribution in [3.8, 4) is 0 Å². The second-order valence-corrected chi connectivity index (χ2v) is 4.85. The van der Waals surface area contributed by atoms with Crippen molar-refractivity contribution in [3.63, 3.8) is 0 Å². The summed E-state index contributed by atoms with van der Waals surface area (Å²) in [6, 6.07) is 0. The summed E-state index contributed by atoms with van der Waals surface area (Å²) < 4.78 is 11.4. The summed E-state index contributed by atoms with van der Waals surface area (Å²) >= 11 is 3.55. The summed E-state index contributed by atoms with van der Waals surface area (Å²) in [6.07, 6.45) is 5.30. The Morgan fingerprint density at radius 2 is 1.86 bits per heavy atom. The third kappa shape index (κ3) is 3.87. The lowest BCUT2D eigenvalue weighted by atomic mass is 10.1. The highest BCUT2D eigenvalue weighted by Gasteiger charge is 2.33. The van der Waals surface area contributed by atoms with Gasteiger partial charge in [0.15, 0.2) is 0 Å². The van der Waals surface area contributed by atoms with Gasteiger partial charge in [-0.1, -0.05) is 28.8 Å². The maximum atomic E-state index is 5.92. The molecule has 1 rings (SSSR count). The summed E-state index contributed by atoms with van der Waals surface area (Å²) in [5, 5.41) is 0.960. The van der Waals surface area contributed by atoms with E-state index < -0.39 is 0 Å². The van der Waals surface area contributed by atoms with Gasteiger partial charge in [0.1, 0.15) is 0 Å². The van der Waals surface area contributed by atoms with E-state index in [-0.39, 0.29) is 5.60 Å². The molecular formula is C11H21BrO2. The van der Waals surface area contributed by atoms with Crippen molar-refractivity contribution >= 4 is 15.9 Å². The molecule has 84 valence electrons. The zero-order valence-electron chi connectivity index (χ0n) is 9.22. The van der Waals surface area contributed by atoms with E-state index in [0.717, 1.165) is 11.9 Å². The van der Waals surface area contributed by atoms with Crippen LogP contribution in [0.1, 0.15) is 39.5 Å². The van der Waals surface area contributed by atoms with Crippen molar-refractivity contribution in [2.75, 3.05) is 18.5 Å². The molecule has 0 aromatic rings. The fourth-order valence-corrected chi connectivity index (χ4v) is 2.60. The van der Waals surface area contributed by atoms with E-state index in [4.69, 9.17) is 9.47 Å². The highest BCUT2D eigenvalue weighted by molar-refractivity contribution is 9.09. The van der Waals surface area contributed by atoms with Gasteiger partial charge in [0, 0.05) is 5.33 Å². The van der Waals surface area contributed by atoms with Gasteiger partial charge in [0.05, 0.1) is 24.9 Å². The molecule has 0 atom stereocenters. The molecule has 0 aliphatic heterocycles. The van der Waals surface area contributed by atoms with Gasteiger partial charge in [-0.25, -0.2) is 0 Å². The topological polar surface area (TPSA) is 18.5 Å². The van der Waals surface area contributed by atoms with Gasteiger partial charge in [-0.15, -0.1) is 0 Å². The lowest BCUT2D eigenvalue weighted by Gasteiger charge is -2.27. The van der Waals surface area contributed by atoms with Gasteiger partial charge in [-0.05, 0) is 26.7 Å². The molecule has 1 fully saturated rings. The number of ether oxygens (including phenoxy) is 2. The van der Waals surface area contributed by atoms with Crippen LogP contribution in [-0.4, -0.2) is 30.2 Å². The minimum Gasteiger partial charge on any atom is -0.376 e. The maximum Gasteiger partial charge on any atom is 0.0780 e. The van der Waals surface area contributed by atoms with Crippen molar-refractivity contribution in [3.05, 3.63) is 0 Å². The lowest BCUT2D eigenvalue weighted by Crippen LogP contribution is -2.32. The second kappa shape index (κ2) is 6.09. The molecule has 0 aromatic heterocycles. The third-order valence-corrected chi connectivity index (χ3v) is 3.72. The summed E-state index contributed by atoms with van der Waals surface area (Å²) in [7, 11) is 0. The van der Waals surface area contributed by atoms with E-state index in [1.54, 1.807) is 0 Å². The Bertz CT molecular complexity index is 153. The smallest absolute Gasteiger partial charge is 0.0780 e. The van der Waals surface area contributed by atoms with E-state index >= 15 is 0 Å². The van der Waals surface area contributed by atoms with Crippen LogP contribution in [0.5, 0.6) is 0 Å². The van der Waals surface area contributed by atoms with E-state index in [0.29, 0.717) is 12.7 Å². The van der Waals surface area contributed by atoms with Crippen LogP contribution >= 0.6 is 15.9 Å². The average Bonchev–Trinajstić information content (AvgIpc) is 2.62. The van der Waals surface area contributed by atoms with Crippen molar-refractivity contribution in [1.82, 2.24) is 0 Å². The van der Waals surface area contributed by atoms with Crippen LogP contribution in [0.15, 0.2) is 0 Å². The summed E-state index contributed by atoms with van der Waals surface area (Å²) in [4.78, 5) is 0. The molecule has 0 amide bonds. The summed E-state index contributed by atoms with van der Waals surface area (Å²) in [5.74, 6) is 0. The second-order valence-electron chi connectivity index (χ2n) is 4.29. The minimum absolute atomic E-state index is 0.111. The maximum absolute atomic E-state index is 5.92.